The third kappa shape index (κ3) is 2.93. The summed E-state index contributed by atoms with van der Waals surface area (Å²) in [5.41, 5.74) is -0.642. The smallest absolute Gasteiger partial charge is 0.313 e. The van der Waals surface area contributed by atoms with E-state index in [9.17, 15) is 14.4 Å². The van der Waals surface area contributed by atoms with Crippen LogP contribution in [0.1, 0.15) is 33.1 Å². The maximum Gasteiger partial charge on any atom is 0.313 e. The average Bonchev–Trinajstić information content (AvgIpc) is 2.99. The molecule has 0 bridgehead atoms. The van der Waals surface area contributed by atoms with Crippen LogP contribution in [-0.4, -0.2) is 38.8 Å². The molecule has 21 heavy (non-hydrogen) atoms. The molecule has 1 aliphatic rings. The third-order valence-corrected chi connectivity index (χ3v) is 5.68. The molecule has 0 radical (unpaired) electrons. The summed E-state index contributed by atoms with van der Waals surface area (Å²) in [5.74, 6) is -1.59. The van der Waals surface area contributed by atoms with Gasteiger partial charge in [-0.2, -0.15) is 0 Å². The van der Waals surface area contributed by atoms with Gasteiger partial charge in [0.05, 0.1) is 11.2 Å². The van der Waals surface area contributed by atoms with Gasteiger partial charge in [0.25, 0.3) is 0 Å². The number of amides is 2. The number of rotatable bonds is 6. The van der Waals surface area contributed by atoms with Crippen LogP contribution in [-0.2, 0) is 14.4 Å². The van der Waals surface area contributed by atoms with E-state index < -0.39 is 11.4 Å². The molecule has 1 fully saturated rings. The predicted molar refractivity (Wildman–Crippen MR) is 78.4 cm³/mol. The number of carbonyl (C=O) groups is 3. The first-order valence-electron chi connectivity index (χ1n) is 6.49. The molecular weight excluding hydrogens is 314 g/mol. The Morgan fingerprint density at radius 2 is 2.05 bits per heavy atom. The summed E-state index contributed by atoms with van der Waals surface area (Å²) >= 11 is 2.08. The van der Waals surface area contributed by atoms with Gasteiger partial charge in [0.2, 0.25) is 16.9 Å². The van der Waals surface area contributed by atoms with E-state index in [1.807, 2.05) is 13.8 Å². The van der Waals surface area contributed by atoms with Crippen molar-refractivity contribution in [3.8, 4) is 0 Å². The standard InChI is InChI=1S/C12H15N3O4S2/c1-3-12(4-2)5-7(16)15(9(12)19)10-13-14-11(21-10)20-6-8(17)18/h3-6H2,1-2H3,(H,17,18). The summed E-state index contributed by atoms with van der Waals surface area (Å²) < 4.78 is 0.429. The fourth-order valence-corrected chi connectivity index (χ4v) is 3.84. The van der Waals surface area contributed by atoms with Gasteiger partial charge in [-0.1, -0.05) is 36.9 Å². The molecule has 0 aromatic carbocycles. The largest absolute Gasteiger partial charge is 0.481 e. The lowest BCUT2D eigenvalue weighted by atomic mass is 9.81. The molecule has 0 atom stereocenters. The van der Waals surface area contributed by atoms with Crippen molar-refractivity contribution in [2.45, 2.75) is 37.4 Å². The number of hydrogen-bond acceptors (Lipinski definition) is 7. The van der Waals surface area contributed by atoms with Crippen LogP contribution in [0.3, 0.4) is 0 Å². The average molecular weight is 329 g/mol. The van der Waals surface area contributed by atoms with E-state index in [4.69, 9.17) is 5.11 Å². The first kappa shape index (κ1) is 15.9. The molecule has 0 saturated carbocycles. The Labute approximate surface area is 129 Å². The molecule has 1 N–H and O–H groups in total. The number of aromatic nitrogens is 2. The number of thioether (sulfide) groups is 1. The third-order valence-electron chi connectivity index (χ3n) is 3.66. The minimum Gasteiger partial charge on any atom is -0.481 e. The highest BCUT2D eigenvalue weighted by Crippen LogP contribution is 2.42. The number of hydrogen-bond donors (Lipinski definition) is 1. The van der Waals surface area contributed by atoms with Crippen molar-refractivity contribution in [3.63, 3.8) is 0 Å². The predicted octanol–water partition coefficient (Wildman–Crippen LogP) is 1.78. The van der Waals surface area contributed by atoms with Crippen LogP contribution in [0.2, 0.25) is 0 Å². The molecule has 1 aromatic rings. The number of carboxylic acid groups (broad SMARTS) is 1. The van der Waals surface area contributed by atoms with Gasteiger partial charge in [-0.15, -0.1) is 10.2 Å². The zero-order valence-electron chi connectivity index (χ0n) is 11.7. The van der Waals surface area contributed by atoms with Crippen LogP contribution in [0.25, 0.3) is 0 Å². The highest BCUT2D eigenvalue weighted by Gasteiger charge is 2.50. The van der Waals surface area contributed by atoms with E-state index in [1.165, 1.54) is 0 Å². The fourth-order valence-electron chi connectivity index (χ4n) is 2.27. The maximum atomic E-state index is 12.5. The van der Waals surface area contributed by atoms with E-state index in [1.54, 1.807) is 0 Å². The molecule has 0 unspecified atom stereocenters. The molecule has 0 aliphatic carbocycles. The fraction of sp³-hybridized carbons (Fsp3) is 0.583. The number of aliphatic carboxylic acids is 1. The molecule has 7 nitrogen and oxygen atoms in total. The van der Waals surface area contributed by atoms with Crippen LogP contribution in [0.4, 0.5) is 5.13 Å². The SMILES string of the molecule is CCC1(CC)CC(=O)N(c2nnc(SCC(=O)O)s2)C1=O. The topological polar surface area (TPSA) is 100 Å². The molecule has 1 aliphatic heterocycles. The zero-order chi connectivity index (χ0) is 15.6. The molecule has 2 heterocycles. The first-order valence-corrected chi connectivity index (χ1v) is 8.29. The van der Waals surface area contributed by atoms with Crippen molar-refractivity contribution < 1.29 is 19.5 Å². The minimum absolute atomic E-state index is 0.135. The van der Waals surface area contributed by atoms with Gasteiger partial charge >= 0.3 is 5.97 Å². The van der Waals surface area contributed by atoms with Gasteiger partial charge in [-0.25, -0.2) is 4.90 Å². The molecule has 9 heteroatoms. The summed E-state index contributed by atoms with van der Waals surface area (Å²) in [4.78, 5) is 36.3. The molecule has 1 saturated heterocycles. The van der Waals surface area contributed by atoms with E-state index in [-0.39, 0.29) is 29.1 Å². The van der Waals surface area contributed by atoms with Crippen LogP contribution in [0, 0.1) is 5.41 Å². The van der Waals surface area contributed by atoms with Gasteiger partial charge in [0.15, 0.2) is 4.34 Å². The van der Waals surface area contributed by atoms with Crippen molar-refractivity contribution in [2.24, 2.45) is 5.41 Å². The Morgan fingerprint density at radius 1 is 1.38 bits per heavy atom. The van der Waals surface area contributed by atoms with Crippen molar-refractivity contribution >= 4 is 46.0 Å². The Kier molecular flexibility index (Phi) is 4.62. The molecule has 0 spiro atoms. The van der Waals surface area contributed by atoms with Crippen molar-refractivity contribution in [1.29, 1.82) is 0 Å². The van der Waals surface area contributed by atoms with Gasteiger partial charge in [-0.05, 0) is 12.8 Å². The number of anilines is 1. The zero-order valence-corrected chi connectivity index (χ0v) is 13.3. The Balaban J connectivity index is 2.20. The van der Waals surface area contributed by atoms with Crippen molar-refractivity contribution in [3.05, 3.63) is 0 Å². The summed E-state index contributed by atoms with van der Waals surface area (Å²) in [5, 5.41) is 16.5. The Bertz CT molecular complexity index is 583. The van der Waals surface area contributed by atoms with Crippen LogP contribution in [0.5, 0.6) is 0 Å². The monoisotopic (exact) mass is 329 g/mol. The van der Waals surface area contributed by atoms with Gasteiger partial charge < -0.3 is 5.11 Å². The van der Waals surface area contributed by atoms with Gasteiger partial charge in [0.1, 0.15) is 0 Å². The van der Waals surface area contributed by atoms with Crippen LogP contribution < -0.4 is 4.90 Å². The highest BCUT2D eigenvalue weighted by atomic mass is 32.2. The van der Waals surface area contributed by atoms with Crippen molar-refractivity contribution in [1.82, 2.24) is 10.2 Å². The molecule has 2 rings (SSSR count). The summed E-state index contributed by atoms with van der Waals surface area (Å²) in [6, 6.07) is 0. The summed E-state index contributed by atoms with van der Waals surface area (Å²) in [7, 11) is 0. The quantitative estimate of drug-likeness (QED) is 0.482. The number of nitrogens with zero attached hydrogens (tertiary/aromatic N) is 3. The summed E-state index contributed by atoms with van der Waals surface area (Å²) in [6.07, 6.45) is 1.39. The minimum atomic E-state index is -0.957. The molecule has 114 valence electrons. The molecular formula is C12H15N3O4S2. The summed E-state index contributed by atoms with van der Waals surface area (Å²) in [6.45, 7) is 3.79. The van der Waals surface area contributed by atoms with Gasteiger partial charge in [-0.3, -0.25) is 14.4 Å². The second-order valence-electron chi connectivity index (χ2n) is 4.73. The Hall–Kier alpha value is -1.48. The first-order chi connectivity index (χ1) is 9.93. The molecule has 2 amide bonds. The maximum absolute atomic E-state index is 12.5. The van der Waals surface area contributed by atoms with Crippen LogP contribution >= 0.6 is 23.1 Å². The number of carboxylic acids is 1. The van der Waals surface area contributed by atoms with E-state index in [0.717, 1.165) is 28.0 Å². The normalized spacial score (nSPS) is 17.5. The van der Waals surface area contributed by atoms with Gasteiger partial charge in [0, 0.05) is 6.42 Å². The second kappa shape index (κ2) is 6.10. The lowest BCUT2D eigenvalue weighted by molar-refractivity contribution is -0.134. The number of carbonyl (C=O) groups excluding carboxylic acids is 2. The highest BCUT2D eigenvalue weighted by molar-refractivity contribution is 8.01. The van der Waals surface area contributed by atoms with E-state index >= 15 is 0 Å². The molecule has 1 aromatic heterocycles. The second-order valence-corrected chi connectivity index (χ2v) is 6.91. The van der Waals surface area contributed by atoms with E-state index in [0.29, 0.717) is 17.2 Å². The van der Waals surface area contributed by atoms with Crippen molar-refractivity contribution in [2.75, 3.05) is 10.7 Å². The van der Waals surface area contributed by atoms with E-state index in [2.05, 4.69) is 10.2 Å². The lowest BCUT2D eigenvalue weighted by Crippen LogP contribution is -2.35. The lowest BCUT2D eigenvalue weighted by Gasteiger charge is -2.22. The Morgan fingerprint density at radius 3 is 2.57 bits per heavy atom. The number of imide groups is 1. The van der Waals surface area contributed by atoms with Crippen LogP contribution in [0.15, 0.2) is 4.34 Å².